The quantitative estimate of drug-likeness (QED) is 0.601. The lowest BCUT2D eigenvalue weighted by atomic mass is 9.60. The number of guanidine groups is 1. The van der Waals surface area contributed by atoms with Crippen LogP contribution in [0.3, 0.4) is 0 Å². The predicted octanol–water partition coefficient (Wildman–Crippen LogP) is 2.69. The van der Waals surface area contributed by atoms with Gasteiger partial charge in [0.1, 0.15) is 0 Å². The van der Waals surface area contributed by atoms with E-state index in [1.165, 1.54) is 25.7 Å². The molecule has 2 unspecified atom stereocenters. The molecule has 2 N–H and O–H groups in total. The largest absolute Gasteiger partial charge is 0.378 e. The van der Waals surface area contributed by atoms with Crippen LogP contribution in [0.4, 0.5) is 0 Å². The van der Waals surface area contributed by atoms with Gasteiger partial charge in [0.25, 0.3) is 0 Å². The van der Waals surface area contributed by atoms with Crippen molar-refractivity contribution in [2.45, 2.75) is 78.0 Å². The Labute approximate surface area is 123 Å². The summed E-state index contributed by atoms with van der Waals surface area (Å²) in [6.07, 6.45) is 6.87. The van der Waals surface area contributed by atoms with Crippen molar-refractivity contribution in [2.24, 2.45) is 10.4 Å². The van der Waals surface area contributed by atoms with E-state index in [0.717, 1.165) is 25.5 Å². The van der Waals surface area contributed by atoms with Crippen LogP contribution in [0.1, 0.15) is 59.8 Å². The molecule has 0 aromatic heterocycles. The molecule has 4 heteroatoms. The highest BCUT2D eigenvalue weighted by molar-refractivity contribution is 5.80. The van der Waals surface area contributed by atoms with Crippen LogP contribution in [-0.2, 0) is 4.74 Å². The Morgan fingerprint density at radius 3 is 2.55 bits per heavy atom. The summed E-state index contributed by atoms with van der Waals surface area (Å²) in [4.78, 5) is 4.57. The average molecular weight is 281 g/mol. The minimum Gasteiger partial charge on any atom is -0.378 e. The van der Waals surface area contributed by atoms with Crippen molar-refractivity contribution < 1.29 is 4.74 Å². The highest BCUT2D eigenvalue weighted by Gasteiger charge is 2.56. The van der Waals surface area contributed by atoms with E-state index in [1.807, 2.05) is 0 Å². The van der Waals surface area contributed by atoms with Crippen LogP contribution in [0.2, 0.25) is 0 Å². The van der Waals surface area contributed by atoms with Gasteiger partial charge in [-0.25, -0.2) is 0 Å². The van der Waals surface area contributed by atoms with E-state index < -0.39 is 0 Å². The van der Waals surface area contributed by atoms with E-state index >= 15 is 0 Å². The highest BCUT2D eigenvalue weighted by Crippen LogP contribution is 2.54. The molecule has 2 fully saturated rings. The summed E-state index contributed by atoms with van der Waals surface area (Å²) in [6.45, 7) is 10.1. The van der Waals surface area contributed by atoms with E-state index in [9.17, 15) is 0 Å². The second kappa shape index (κ2) is 6.79. The predicted molar refractivity (Wildman–Crippen MR) is 84.1 cm³/mol. The van der Waals surface area contributed by atoms with E-state index in [2.05, 4.69) is 43.3 Å². The van der Waals surface area contributed by atoms with E-state index in [0.29, 0.717) is 23.6 Å². The number of aliphatic imine (C=N–C) groups is 1. The minimum absolute atomic E-state index is 0.364. The molecule has 2 rings (SSSR count). The molecule has 1 spiro atoms. The van der Waals surface area contributed by atoms with Crippen molar-refractivity contribution in [3.8, 4) is 0 Å². The Morgan fingerprint density at radius 2 is 2.00 bits per heavy atom. The average Bonchev–Trinajstić information content (AvgIpc) is 2.89. The first-order chi connectivity index (χ1) is 9.62. The number of hydrogen-bond acceptors (Lipinski definition) is 2. The minimum atomic E-state index is 0.364. The summed E-state index contributed by atoms with van der Waals surface area (Å²) in [5, 5.41) is 7.10. The first-order valence-corrected chi connectivity index (χ1v) is 8.31. The fourth-order valence-corrected chi connectivity index (χ4v) is 3.82. The molecule has 0 saturated heterocycles. The van der Waals surface area contributed by atoms with Crippen LogP contribution in [0.15, 0.2) is 4.99 Å². The monoisotopic (exact) mass is 281 g/mol. The first kappa shape index (κ1) is 15.6. The molecule has 0 bridgehead atoms. The van der Waals surface area contributed by atoms with Gasteiger partial charge >= 0.3 is 0 Å². The number of nitrogens with zero attached hydrogens (tertiary/aromatic N) is 1. The molecule has 0 aromatic carbocycles. The Hall–Kier alpha value is -0.770. The van der Waals surface area contributed by atoms with Crippen LogP contribution in [-0.4, -0.2) is 37.3 Å². The van der Waals surface area contributed by atoms with Crippen molar-refractivity contribution in [1.29, 1.82) is 0 Å². The Kier molecular flexibility index (Phi) is 5.30. The van der Waals surface area contributed by atoms with E-state index in [1.54, 1.807) is 0 Å². The maximum atomic E-state index is 5.97. The number of ether oxygens (including phenoxy) is 1. The third-order valence-electron chi connectivity index (χ3n) is 4.74. The van der Waals surface area contributed by atoms with Crippen molar-refractivity contribution in [1.82, 2.24) is 10.6 Å². The van der Waals surface area contributed by atoms with Crippen molar-refractivity contribution in [3.63, 3.8) is 0 Å². The third-order valence-corrected chi connectivity index (χ3v) is 4.74. The normalized spacial score (nSPS) is 28.8. The van der Waals surface area contributed by atoms with Crippen molar-refractivity contribution >= 4 is 5.96 Å². The van der Waals surface area contributed by atoms with Gasteiger partial charge in [-0.1, -0.05) is 12.8 Å². The number of nitrogens with one attached hydrogen (secondary N) is 2. The molecule has 0 radical (unpaired) electrons. The van der Waals surface area contributed by atoms with Gasteiger partial charge in [-0.05, 0) is 47.0 Å². The summed E-state index contributed by atoms with van der Waals surface area (Å²) < 4.78 is 5.97. The zero-order valence-corrected chi connectivity index (χ0v) is 13.5. The fraction of sp³-hybridized carbons (Fsp3) is 0.938. The van der Waals surface area contributed by atoms with E-state index in [-0.39, 0.29) is 0 Å². The summed E-state index contributed by atoms with van der Waals surface area (Å²) in [5.41, 5.74) is 0.364. The molecule has 2 atom stereocenters. The van der Waals surface area contributed by atoms with Gasteiger partial charge in [-0.3, -0.25) is 4.99 Å². The van der Waals surface area contributed by atoms with Crippen LogP contribution in [0, 0.1) is 5.41 Å². The summed E-state index contributed by atoms with van der Waals surface area (Å²) in [6, 6.07) is 0.938. The molecule has 0 amide bonds. The van der Waals surface area contributed by atoms with Gasteiger partial charge in [0.05, 0.1) is 6.10 Å². The van der Waals surface area contributed by atoms with Gasteiger partial charge in [-0.15, -0.1) is 0 Å². The topological polar surface area (TPSA) is 45.7 Å². The third kappa shape index (κ3) is 3.11. The van der Waals surface area contributed by atoms with Crippen molar-refractivity contribution in [3.05, 3.63) is 0 Å². The highest BCUT2D eigenvalue weighted by atomic mass is 16.5. The number of hydrogen-bond donors (Lipinski definition) is 2. The van der Waals surface area contributed by atoms with Gasteiger partial charge < -0.3 is 15.4 Å². The Bertz CT molecular complexity index is 335. The van der Waals surface area contributed by atoms with Gasteiger partial charge in [-0.2, -0.15) is 0 Å². The summed E-state index contributed by atoms with van der Waals surface area (Å²) >= 11 is 0. The van der Waals surface area contributed by atoms with Gasteiger partial charge in [0, 0.05) is 30.7 Å². The number of rotatable bonds is 5. The van der Waals surface area contributed by atoms with Crippen molar-refractivity contribution in [2.75, 3.05) is 13.2 Å². The van der Waals surface area contributed by atoms with Crippen LogP contribution < -0.4 is 10.6 Å². The molecule has 2 aliphatic rings. The first-order valence-electron chi connectivity index (χ1n) is 8.31. The molecular weight excluding hydrogens is 250 g/mol. The molecule has 0 heterocycles. The zero-order valence-electron chi connectivity index (χ0n) is 13.5. The molecule has 116 valence electrons. The van der Waals surface area contributed by atoms with Gasteiger partial charge in [0.2, 0.25) is 0 Å². The molecule has 20 heavy (non-hydrogen) atoms. The maximum absolute atomic E-state index is 5.97. The molecule has 2 saturated carbocycles. The molecule has 0 aromatic rings. The summed E-state index contributed by atoms with van der Waals surface area (Å²) in [5.74, 6) is 0.966. The Balaban J connectivity index is 1.99. The lowest BCUT2D eigenvalue weighted by Gasteiger charge is -2.54. The molecule has 2 aliphatic carbocycles. The van der Waals surface area contributed by atoms with Crippen LogP contribution in [0.25, 0.3) is 0 Å². The standard InChI is InChI=1S/C16H31N3O/c1-5-17-15(18-12(3)4)19-13-11-14(20-6-2)16(13)9-7-8-10-16/h12-14H,5-11H2,1-4H3,(H2,17,18,19). The maximum Gasteiger partial charge on any atom is 0.191 e. The Morgan fingerprint density at radius 1 is 1.30 bits per heavy atom. The van der Waals surface area contributed by atoms with E-state index in [4.69, 9.17) is 4.74 Å². The molecule has 4 nitrogen and oxygen atoms in total. The second-order valence-corrected chi connectivity index (χ2v) is 6.44. The van der Waals surface area contributed by atoms with Crippen LogP contribution >= 0.6 is 0 Å². The lowest BCUT2D eigenvalue weighted by Crippen LogP contribution is -2.65. The van der Waals surface area contributed by atoms with Gasteiger partial charge in [0.15, 0.2) is 5.96 Å². The summed E-state index contributed by atoms with van der Waals surface area (Å²) in [7, 11) is 0. The smallest absolute Gasteiger partial charge is 0.191 e. The zero-order chi connectivity index (χ0) is 14.6. The SMILES string of the molecule is CCN=C(NC(C)C)NC1CC(OCC)C12CCCC2. The van der Waals surface area contributed by atoms with Crippen LogP contribution in [0.5, 0.6) is 0 Å². The molecular formula is C16H31N3O. The molecule has 0 aliphatic heterocycles. The second-order valence-electron chi connectivity index (χ2n) is 6.44. The fourth-order valence-electron chi connectivity index (χ4n) is 3.82. The lowest BCUT2D eigenvalue weighted by molar-refractivity contribution is -0.125.